The number of aryl methyl sites for hydroxylation is 1. The Bertz CT molecular complexity index is 537. The number of methoxy groups -OCH3 is 2. The van der Waals surface area contributed by atoms with E-state index in [1.807, 2.05) is 31.3 Å². The number of aromatic nitrogens is 2. The van der Waals surface area contributed by atoms with Crippen LogP contribution in [0.5, 0.6) is 11.5 Å². The lowest BCUT2D eigenvalue weighted by molar-refractivity contribution is 0.396. The van der Waals surface area contributed by atoms with Crippen LogP contribution in [0.3, 0.4) is 0 Å². The second-order valence-corrected chi connectivity index (χ2v) is 3.97. The van der Waals surface area contributed by atoms with Gasteiger partial charge in [0.05, 0.1) is 26.0 Å². The highest BCUT2D eigenvalue weighted by molar-refractivity contribution is 5.44. The normalized spacial score (nSPS) is 12.2. The van der Waals surface area contributed by atoms with Crippen molar-refractivity contribution in [1.29, 1.82) is 0 Å². The number of rotatable bonds is 4. The number of hydrogen-bond acceptors (Lipinski definition) is 4. The molecule has 5 heteroatoms. The minimum Gasteiger partial charge on any atom is -0.497 e. The van der Waals surface area contributed by atoms with Crippen molar-refractivity contribution in [2.24, 2.45) is 12.8 Å². The third kappa shape index (κ3) is 2.17. The second-order valence-electron chi connectivity index (χ2n) is 3.97. The molecule has 0 radical (unpaired) electrons. The molecular formula is C13H17N3O2. The first-order valence-electron chi connectivity index (χ1n) is 5.62. The minimum atomic E-state index is -0.303. The molecule has 0 aliphatic rings. The Kier molecular flexibility index (Phi) is 3.53. The Hall–Kier alpha value is -2.01. The highest BCUT2D eigenvalue weighted by atomic mass is 16.5. The summed E-state index contributed by atoms with van der Waals surface area (Å²) in [5.74, 6) is 1.49. The van der Waals surface area contributed by atoms with Crippen molar-refractivity contribution in [1.82, 2.24) is 9.78 Å². The summed E-state index contributed by atoms with van der Waals surface area (Å²) < 4.78 is 12.3. The summed E-state index contributed by atoms with van der Waals surface area (Å²) in [6, 6.07) is 7.17. The number of hydrogen-bond donors (Lipinski definition) is 1. The van der Waals surface area contributed by atoms with E-state index in [2.05, 4.69) is 5.10 Å². The van der Waals surface area contributed by atoms with Gasteiger partial charge in [0.25, 0.3) is 0 Å². The fourth-order valence-corrected chi connectivity index (χ4v) is 1.93. The molecule has 1 aromatic heterocycles. The van der Waals surface area contributed by atoms with Crippen LogP contribution in [0, 0.1) is 0 Å². The van der Waals surface area contributed by atoms with Crippen molar-refractivity contribution in [3.63, 3.8) is 0 Å². The Balaban J connectivity index is 2.45. The molecule has 0 aliphatic heterocycles. The largest absolute Gasteiger partial charge is 0.497 e. The standard InChI is InChI=1S/C13H17N3O2/c1-16-11(6-7-15-16)13(14)10-8-9(17-2)4-5-12(10)18-3/h4-8,13H,14H2,1-3H3. The maximum atomic E-state index is 6.27. The summed E-state index contributed by atoms with van der Waals surface area (Å²) in [5, 5.41) is 4.13. The molecule has 0 bridgehead atoms. The zero-order chi connectivity index (χ0) is 13.1. The van der Waals surface area contributed by atoms with Crippen LogP contribution in [0.2, 0.25) is 0 Å². The summed E-state index contributed by atoms with van der Waals surface area (Å²) >= 11 is 0. The van der Waals surface area contributed by atoms with Crippen LogP contribution in [0.1, 0.15) is 17.3 Å². The lowest BCUT2D eigenvalue weighted by atomic mass is 10.0. The molecule has 2 rings (SSSR count). The molecule has 0 spiro atoms. The molecule has 0 amide bonds. The van der Waals surface area contributed by atoms with Gasteiger partial charge in [0.15, 0.2) is 0 Å². The van der Waals surface area contributed by atoms with E-state index in [0.29, 0.717) is 0 Å². The van der Waals surface area contributed by atoms with E-state index in [9.17, 15) is 0 Å². The maximum absolute atomic E-state index is 6.27. The van der Waals surface area contributed by atoms with Gasteiger partial charge in [0, 0.05) is 18.8 Å². The fourth-order valence-electron chi connectivity index (χ4n) is 1.93. The van der Waals surface area contributed by atoms with E-state index in [-0.39, 0.29) is 6.04 Å². The van der Waals surface area contributed by atoms with E-state index in [4.69, 9.17) is 15.2 Å². The minimum absolute atomic E-state index is 0.303. The predicted octanol–water partition coefficient (Wildman–Crippen LogP) is 1.49. The lowest BCUT2D eigenvalue weighted by Crippen LogP contribution is -2.17. The highest BCUT2D eigenvalue weighted by Crippen LogP contribution is 2.31. The molecule has 2 aromatic rings. The summed E-state index contributed by atoms with van der Waals surface area (Å²) in [7, 11) is 5.12. The van der Waals surface area contributed by atoms with Gasteiger partial charge in [-0.15, -0.1) is 0 Å². The van der Waals surface area contributed by atoms with Crippen LogP contribution in [0.25, 0.3) is 0 Å². The molecule has 5 nitrogen and oxygen atoms in total. The lowest BCUT2D eigenvalue weighted by Gasteiger charge is -2.17. The molecule has 1 atom stereocenters. The highest BCUT2D eigenvalue weighted by Gasteiger charge is 2.17. The Labute approximate surface area is 106 Å². The molecule has 2 N–H and O–H groups in total. The smallest absolute Gasteiger partial charge is 0.124 e. The maximum Gasteiger partial charge on any atom is 0.124 e. The number of ether oxygens (including phenoxy) is 2. The molecule has 1 heterocycles. The molecule has 1 aromatic carbocycles. The Morgan fingerprint density at radius 1 is 1.22 bits per heavy atom. The molecule has 1 unspecified atom stereocenters. The van der Waals surface area contributed by atoms with Gasteiger partial charge < -0.3 is 15.2 Å². The van der Waals surface area contributed by atoms with Crippen molar-refractivity contribution in [3.05, 3.63) is 41.7 Å². The van der Waals surface area contributed by atoms with E-state index in [0.717, 1.165) is 22.8 Å². The summed E-state index contributed by atoms with van der Waals surface area (Å²) in [4.78, 5) is 0. The first kappa shape index (κ1) is 12.4. The quantitative estimate of drug-likeness (QED) is 0.889. The zero-order valence-corrected chi connectivity index (χ0v) is 10.8. The number of nitrogens with zero attached hydrogens (tertiary/aromatic N) is 2. The van der Waals surface area contributed by atoms with Crippen molar-refractivity contribution < 1.29 is 9.47 Å². The van der Waals surface area contributed by atoms with Crippen LogP contribution in [-0.2, 0) is 7.05 Å². The van der Waals surface area contributed by atoms with Gasteiger partial charge in [-0.25, -0.2) is 0 Å². The van der Waals surface area contributed by atoms with Gasteiger partial charge in [0.1, 0.15) is 11.5 Å². The first-order valence-corrected chi connectivity index (χ1v) is 5.62. The van der Waals surface area contributed by atoms with Crippen LogP contribution in [0.15, 0.2) is 30.5 Å². The van der Waals surface area contributed by atoms with Crippen molar-refractivity contribution in [2.45, 2.75) is 6.04 Å². The van der Waals surface area contributed by atoms with Gasteiger partial charge in [-0.05, 0) is 24.3 Å². The van der Waals surface area contributed by atoms with E-state index in [1.54, 1.807) is 25.1 Å². The molecule has 0 aliphatic carbocycles. The summed E-state index contributed by atoms with van der Waals surface area (Å²) in [6.07, 6.45) is 1.72. The fraction of sp³-hybridized carbons (Fsp3) is 0.308. The predicted molar refractivity (Wildman–Crippen MR) is 68.8 cm³/mol. The Morgan fingerprint density at radius 2 is 2.00 bits per heavy atom. The third-order valence-corrected chi connectivity index (χ3v) is 2.95. The van der Waals surface area contributed by atoms with E-state index < -0.39 is 0 Å². The number of nitrogens with two attached hydrogens (primary N) is 1. The van der Waals surface area contributed by atoms with Crippen LogP contribution < -0.4 is 15.2 Å². The van der Waals surface area contributed by atoms with Gasteiger partial charge in [-0.3, -0.25) is 4.68 Å². The number of benzene rings is 1. The molecule has 0 saturated carbocycles. The van der Waals surface area contributed by atoms with Crippen molar-refractivity contribution >= 4 is 0 Å². The average Bonchev–Trinajstić information content (AvgIpc) is 2.83. The topological polar surface area (TPSA) is 62.3 Å². The SMILES string of the molecule is COc1ccc(OC)c(C(N)c2ccnn2C)c1. The first-order chi connectivity index (χ1) is 8.67. The van der Waals surface area contributed by atoms with Gasteiger partial charge in [-0.1, -0.05) is 0 Å². The van der Waals surface area contributed by atoms with Crippen LogP contribution in [0.4, 0.5) is 0 Å². The van der Waals surface area contributed by atoms with Gasteiger partial charge >= 0.3 is 0 Å². The van der Waals surface area contributed by atoms with Gasteiger partial charge in [0.2, 0.25) is 0 Å². The van der Waals surface area contributed by atoms with E-state index in [1.165, 1.54) is 0 Å². The average molecular weight is 247 g/mol. The molecular weight excluding hydrogens is 230 g/mol. The molecule has 18 heavy (non-hydrogen) atoms. The van der Waals surface area contributed by atoms with E-state index >= 15 is 0 Å². The monoisotopic (exact) mass is 247 g/mol. The summed E-state index contributed by atoms with van der Waals surface area (Å²) in [6.45, 7) is 0. The van der Waals surface area contributed by atoms with Crippen molar-refractivity contribution in [3.8, 4) is 11.5 Å². The van der Waals surface area contributed by atoms with Crippen molar-refractivity contribution in [2.75, 3.05) is 14.2 Å². The second kappa shape index (κ2) is 5.10. The molecule has 0 fully saturated rings. The van der Waals surface area contributed by atoms with Crippen LogP contribution >= 0.6 is 0 Å². The molecule has 0 saturated heterocycles. The van der Waals surface area contributed by atoms with Crippen LogP contribution in [-0.4, -0.2) is 24.0 Å². The zero-order valence-electron chi connectivity index (χ0n) is 10.8. The third-order valence-electron chi connectivity index (χ3n) is 2.95. The Morgan fingerprint density at radius 3 is 2.56 bits per heavy atom. The molecule has 96 valence electrons. The summed E-state index contributed by atoms with van der Waals surface area (Å²) in [5.41, 5.74) is 8.06. The van der Waals surface area contributed by atoms with Gasteiger partial charge in [-0.2, -0.15) is 5.10 Å².